The molecule has 2 atom stereocenters. The molecule has 3 aromatic rings. The van der Waals surface area contributed by atoms with Crippen molar-refractivity contribution in [2.24, 2.45) is 0 Å². The topological polar surface area (TPSA) is 53.6 Å². The Morgan fingerprint density at radius 1 is 1.00 bits per heavy atom. The SMILES string of the molecule is CNC(=O)[C@@H]1C[C@@H](NCc2ccc(OC)c3ccccc23)CN1C1Cc2ccccc2C1. The summed E-state index contributed by atoms with van der Waals surface area (Å²) in [6.45, 7) is 1.67. The number of hydrogen-bond donors (Lipinski definition) is 2. The Balaban J connectivity index is 1.31. The summed E-state index contributed by atoms with van der Waals surface area (Å²) in [6, 6.07) is 21.8. The molecule has 1 fully saturated rings. The Labute approximate surface area is 189 Å². The lowest BCUT2D eigenvalue weighted by atomic mass is 10.0. The molecule has 0 saturated carbocycles. The predicted molar refractivity (Wildman–Crippen MR) is 128 cm³/mol. The fraction of sp³-hybridized carbons (Fsp3) is 0.370. The van der Waals surface area contributed by atoms with Gasteiger partial charge in [0, 0.05) is 37.6 Å². The highest BCUT2D eigenvalue weighted by atomic mass is 16.5. The van der Waals surface area contributed by atoms with Crippen molar-refractivity contribution in [1.82, 2.24) is 15.5 Å². The van der Waals surface area contributed by atoms with Crippen LogP contribution in [0.1, 0.15) is 23.1 Å². The average Bonchev–Trinajstić information content (AvgIpc) is 3.46. The maximum absolute atomic E-state index is 12.7. The van der Waals surface area contributed by atoms with E-state index in [1.165, 1.54) is 22.1 Å². The van der Waals surface area contributed by atoms with Crippen molar-refractivity contribution in [2.75, 3.05) is 20.7 Å². The molecule has 2 aliphatic rings. The highest BCUT2D eigenvalue weighted by molar-refractivity contribution is 5.91. The number of amides is 1. The van der Waals surface area contributed by atoms with Gasteiger partial charge in [-0.15, -0.1) is 0 Å². The maximum atomic E-state index is 12.7. The van der Waals surface area contributed by atoms with Crippen LogP contribution in [0.25, 0.3) is 10.8 Å². The zero-order valence-corrected chi connectivity index (χ0v) is 18.8. The standard InChI is InChI=1S/C27H31N3O2/c1-28-27(31)25-15-21(17-30(25)22-13-18-7-3-4-8-19(18)14-22)29-16-20-11-12-26(32-2)24-10-6-5-9-23(20)24/h3-12,21-22,25,29H,13-17H2,1-2H3,(H,28,31)/t21-,25+/m1/s1. The summed E-state index contributed by atoms with van der Waals surface area (Å²) in [7, 11) is 3.46. The highest BCUT2D eigenvalue weighted by Gasteiger charge is 2.41. The molecule has 32 heavy (non-hydrogen) atoms. The van der Waals surface area contributed by atoms with Gasteiger partial charge in [0.25, 0.3) is 0 Å². The molecule has 166 valence electrons. The normalized spacial score (nSPS) is 21.1. The molecule has 1 amide bonds. The van der Waals surface area contributed by atoms with Crippen LogP contribution in [0.3, 0.4) is 0 Å². The van der Waals surface area contributed by atoms with Crippen LogP contribution in [0.4, 0.5) is 0 Å². The van der Waals surface area contributed by atoms with Gasteiger partial charge >= 0.3 is 0 Å². The van der Waals surface area contributed by atoms with Gasteiger partial charge in [0.15, 0.2) is 0 Å². The molecular formula is C27H31N3O2. The molecule has 3 aromatic carbocycles. The molecule has 0 spiro atoms. The number of benzene rings is 3. The van der Waals surface area contributed by atoms with Crippen molar-refractivity contribution >= 4 is 16.7 Å². The third-order valence-corrected chi connectivity index (χ3v) is 7.16. The first-order chi connectivity index (χ1) is 15.7. The van der Waals surface area contributed by atoms with E-state index in [9.17, 15) is 4.79 Å². The van der Waals surface area contributed by atoms with Crippen LogP contribution in [-0.4, -0.2) is 49.6 Å². The number of methoxy groups -OCH3 is 1. The van der Waals surface area contributed by atoms with Crippen LogP contribution in [0.5, 0.6) is 5.75 Å². The van der Waals surface area contributed by atoms with E-state index >= 15 is 0 Å². The third kappa shape index (κ3) is 3.87. The number of ether oxygens (including phenoxy) is 1. The summed E-state index contributed by atoms with van der Waals surface area (Å²) in [4.78, 5) is 15.2. The molecule has 1 aliphatic carbocycles. The maximum Gasteiger partial charge on any atom is 0.237 e. The number of likely N-dealkylation sites (tertiary alicyclic amines) is 1. The van der Waals surface area contributed by atoms with Crippen molar-refractivity contribution in [3.05, 3.63) is 77.4 Å². The molecule has 1 saturated heterocycles. The zero-order chi connectivity index (χ0) is 22.1. The fourth-order valence-corrected chi connectivity index (χ4v) is 5.53. The number of fused-ring (bicyclic) bond motifs is 2. The number of carbonyl (C=O) groups excluding carboxylic acids is 1. The monoisotopic (exact) mass is 429 g/mol. The Hall–Kier alpha value is -2.89. The molecule has 1 aliphatic heterocycles. The van der Waals surface area contributed by atoms with E-state index in [4.69, 9.17) is 4.74 Å². The van der Waals surface area contributed by atoms with Crippen molar-refractivity contribution in [3.63, 3.8) is 0 Å². The Kier molecular flexibility index (Phi) is 5.85. The minimum atomic E-state index is -0.0792. The van der Waals surface area contributed by atoms with Gasteiger partial charge in [-0.2, -0.15) is 0 Å². The first-order valence-electron chi connectivity index (χ1n) is 11.5. The number of nitrogens with zero attached hydrogens (tertiary/aromatic N) is 1. The first-order valence-corrected chi connectivity index (χ1v) is 11.5. The van der Waals surface area contributed by atoms with E-state index in [0.29, 0.717) is 6.04 Å². The second kappa shape index (κ2) is 8.93. The summed E-state index contributed by atoms with van der Waals surface area (Å²) < 4.78 is 5.54. The van der Waals surface area contributed by atoms with E-state index in [2.05, 4.69) is 64.1 Å². The molecule has 5 rings (SSSR count). The van der Waals surface area contributed by atoms with Gasteiger partial charge in [-0.25, -0.2) is 0 Å². The summed E-state index contributed by atoms with van der Waals surface area (Å²) >= 11 is 0. The Morgan fingerprint density at radius 3 is 2.38 bits per heavy atom. The number of rotatable bonds is 6. The van der Waals surface area contributed by atoms with Gasteiger partial charge in [-0.3, -0.25) is 9.69 Å². The van der Waals surface area contributed by atoms with E-state index in [-0.39, 0.29) is 18.0 Å². The van der Waals surface area contributed by atoms with Crippen LogP contribution < -0.4 is 15.4 Å². The van der Waals surface area contributed by atoms with Crippen molar-refractivity contribution < 1.29 is 9.53 Å². The molecule has 1 heterocycles. The van der Waals surface area contributed by atoms with Crippen LogP contribution >= 0.6 is 0 Å². The molecule has 0 aromatic heterocycles. The van der Waals surface area contributed by atoms with Crippen molar-refractivity contribution in [3.8, 4) is 5.75 Å². The van der Waals surface area contributed by atoms with Crippen LogP contribution in [0, 0.1) is 0 Å². The third-order valence-electron chi connectivity index (χ3n) is 7.16. The van der Waals surface area contributed by atoms with Gasteiger partial charge < -0.3 is 15.4 Å². The first kappa shape index (κ1) is 21.0. The van der Waals surface area contributed by atoms with Crippen LogP contribution in [0.15, 0.2) is 60.7 Å². The van der Waals surface area contributed by atoms with Crippen molar-refractivity contribution in [1.29, 1.82) is 0 Å². The highest BCUT2D eigenvalue weighted by Crippen LogP contribution is 2.32. The summed E-state index contributed by atoms with van der Waals surface area (Å²) in [5, 5.41) is 8.98. The lowest BCUT2D eigenvalue weighted by molar-refractivity contribution is -0.125. The van der Waals surface area contributed by atoms with E-state index < -0.39 is 0 Å². The molecular weight excluding hydrogens is 398 g/mol. The lowest BCUT2D eigenvalue weighted by Gasteiger charge is -2.29. The summed E-state index contributed by atoms with van der Waals surface area (Å²) in [5.74, 6) is 1.03. The smallest absolute Gasteiger partial charge is 0.237 e. The lowest BCUT2D eigenvalue weighted by Crippen LogP contribution is -2.47. The van der Waals surface area contributed by atoms with E-state index in [1.807, 2.05) is 12.1 Å². The Bertz CT molecular complexity index is 1100. The molecule has 0 radical (unpaired) electrons. The number of carbonyl (C=O) groups is 1. The van der Waals surface area contributed by atoms with Gasteiger partial charge in [-0.05, 0) is 47.4 Å². The molecule has 0 unspecified atom stereocenters. The molecule has 5 nitrogen and oxygen atoms in total. The molecule has 0 bridgehead atoms. The van der Waals surface area contributed by atoms with Crippen molar-refractivity contribution in [2.45, 2.75) is 43.9 Å². The second-order valence-electron chi connectivity index (χ2n) is 8.94. The summed E-state index contributed by atoms with van der Waals surface area (Å²) in [6.07, 6.45) is 2.89. The summed E-state index contributed by atoms with van der Waals surface area (Å²) in [5.41, 5.74) is 4.10. The minimum absolute atomic E-state index is 0.0792. The van der Waals surface area contributed by atoms with Gasteiger partial charge in [0.05, 0.1) is 13.2 Å². The van der Waals surface area contributed by atoms with Crippen LogP contribution in [0.2, 0.25) is 0 Å². The van der Waals surface area contributed by atoms with E-state index in [1.54, 1.807) is 14.2 Å². The minimum Gasteiger partial charge on any atom is -0.496 e. The fourth-order valence-electron chi connectivity index (χ4n) is 5.53. The average molecular weight is 430 g/mol. The van der Waals surface area contributed by atoms with Gasteiger partial charge in [0.1, 0.15) is 5.75 Å². The largest absolute Gasteiger partial charge is 0.496 e. The number of nitrogens with one attached hydrogen (secondary N) is 2. The predicted octanol–water partition coefficient (Wildman–Crippen LogP) is 3.29. The Morgan fingerprint density at radius 2 is 1.69 bits per heavy atom. The van der Waals surface area contributed by atoms with E-state index in [0.717, 1.165) is 43.5 Å². The number of hydrogen-bond acceptors (Lipinski definition) is 4. The quantitative estimate of drug-likeness (QED) is 0.631. The second-order valence-corrected chi connectivity index (χ2v) is 8.94. The van der Waals surface area contributed by atoms with Crippen LogP contribution in [-0.2, 0) is 24.2 Å². The zero-order valence-electron chi connectivity index (χ0n) is 18.8. The van der Waals surface area contributed by atoms with Gasteiger partial charge in [0.2, 0.25) is 5.91 Å². The van der Waals surface area contributed by atoms with Gasteiger partial charge in [-0.1, -0.05) is 54.6 Å². The number of likely N-dealkylation sites (N-methyl/N-ethyl adjacent to an activating group) is 1. The molecule has 2 N–H and O–H groups in total. The molecule has 5 heteroatoms.